The van der Waals surface area contributed by atoms with Gasteiger partial charge in [0, 0.05) is 13.2 Å². The second-order valence-electron chi connectivity index (χ2n) is 10.2. The summed E-state index contributed by atoms with van der Waals surface area (Å²) in [6.45, 7) is 17.5. The normalized spacial score (nSPS) is 14.5. The lowest BCUT2D eigenvalue weighted by Crippen LogP contribution is -2.66. The Morgan fingerprint density at radius 2 is 1.52 bits per heavy atom. The first kappa shape index (κ1) is 27.3. The Morgan fingerprint density at radius 3 is 1.88 bits per heavy atom. The molecule has 0 aliphatic carbocycles. The molecular weight excluding hydrogens is 442 g/mol. The van der Waals surface area contributed by atoms with E-state index < -0.39 is 24.1 Å². The molecule has 0 N–H and O–H groups in total. The van der Waals surface area contributed by atoms with Gasteiger partial charge in [0.15, 0.2) is 0 Å². The molecule has 0 amide bonds. The van der Waals surface area contributed by atoms with Crippen molar-refractivity contribution in [3.05, 3.63) is 73.3 Å². The molecule has 33 heavy (non-hydrogen) atoms. The second kappa shape index (κ2) is 11.4. The number of nitrogens with zero attached hydrogens (tertiary/aromatic N) is 1. The molecule has 0 aliphatic rings. The van der Waals surface area contributed by atoms with Crippen LogP contribution >= 0.6 is 0 Å². The zero-order valence-corrected chi connectivity index (χ0v) is 22.8. The number of hydrogen-bond donors (Lipinski definition) is 0. The number of rotatable bonds is 10. The minimum absolute atomic E-state index is 0.101. The molecule has 0 saturated carbocycles. The molecule has 0 spiro atoms. The quantitative estimate of drug-likeness (QED) is 0.274. The fraction of sp³-hybridized carbons (Fsp3) is 0.429. The predicted molar refractivity (Wildman–Crippen MR) is 146 cm³/mol. The van der Waals surface area contributed by atoms with Crippen LogP contribution in [0.4, 0.5) is 0 Å². The van der Waals surface area contributed by atoms with Gasteiger partial charge in [0.2, 0.25) is 0 Å². The highest BCUT2D eigenvalue weighted by Gasteiger charge is 2.50. The first-order valence-corrected chi connectivity index (χ1v) is 14.5. The van der Waals surface area contributed by atoms with Gasteiger partial charge in [0.05, 0.1) is 10.8 Å². The Bertz CT molecular complexity index is 916. The van der Waals surface area contributed by atoms with Crippen LogP contribution in [0, 0.1) is 12.3 Å². The zero-order chi connectivity index (χ0) is 24.7. The van der Waals surface area contributed by atoms with Gasteiger partial charge in [0.1, 0.15) is 11.0 Å². The van der Waals surface area contributed by atoms with Crippen molar-refractivity contribution in [1.29, 1.82) is 0 Å². The Labute approximate surface area is 205 Å². The van der Waals surface area contributed by atoms with E-state index in [1.54, 1.807) is 6.08 Å². The van der Waals surface area contributed by atoms with Crippen molar-refractivity contribution in [2.24, 2.45) is 0 Å². The Balaban J connectivity index is 2.41. The Hall–Kier alpha value is -1.97. The molecule has 2 rings (SSSR count). The van der Waals surface area contributed by atoms with Crippen LogP contribution < -0.4 is 10.4 Å². The molecule has 1 unspecified atom stereocenters. The van der Waals surface area contributed by atoms with E-state index in [4.69, 9.17) is 10.8 Å². The first-order chi connectivity index (χ1) is 15.5. The summed E-state index contributed by atoms with van der Waals surface area (Å²) in [5, 5.41) is 2.38. The van der Waals surface area contributed by atoms with Crippen LogP contribution in [0.2, 0.25) is 5.04 Å². The minimum atomic E-state index is -2.63. The summed E-state index contributed by atoms with van der Waals surface area (Å²) in [7, 11) is -3.87. The highest BCUT2D eigenvalue weighted by atomic mass is 32.2. The molecular formula is C28H39NO2SSi. The van der Waals surface area contributed by atoms with Crippen LogP contribution in [-0.2, 0) is 15.4 Å². The monoisotopic (exact) mass is 481 g/mol. The van der Waals surface area contributed by atoms with Crippen molar-refractivity contribution in [2.75, 3.05) is 13.2 Å². The maximum Gasteiger partial charge on any atom is 0.261 e. The summed E-state index contributed by atoms with van der Waals surface area (Å²) < 4.78 is 21.6. The average Bonchev–Trinajstić information content (AvgIpc) is 2.77. The molecule has 0 heterocycles. The van der Waals surface area contributed by atoms with E-state index in [-0.39, 0.29) is 11.1 Å². The van der Waals surface area contributed by atoms with Gasteiger partial charge in [-0.1, -0.05) is 93.4 Å². The Kier molecular flexibility index (Phi) is 9.45. The molecule has 2 aromatic carbocycles. The topological polar surface area (TPSA) is 29.5 Å². The van der Waals surface area contributed by atoms with Gasteiger partial charge < -0.3 is 4.43 Å². The summed E-state index contributed by atoms with van der Waals surface area (Å²) in [6.07, 6.45) is 8.29. The van der Waals surface area contributed by atoms with Gasteiger partial charge in [0.25, 0.3) is 8.32 Å². The van der Waals surface area contributed by atoms with Gasteiger partial charge in [-0.05, 0) is 42.6 Å². The fourth-order valence-electron chi connectivity index (χ4n) is 4.19. The molecule has 0 fully saturated rings. The lowest BCUT2D eigenvalue weighted by atomic mass is 10.2. The van der Waals surface area contributed by atoms with Gasteiger partial charge in [-0.3, -0.25) is 0 Å². The van der Waals surface area contributed by atoms with E-state index in [1.807, 2.05) is 37.2 Å². The van der Waals surface area contributed by atoms with Crippen molar-refractivity contribution in [3.8, 4) is 12.3 Å². The van der Waals surface area contributed by atoms with Crippen molar-refractivity contribution in [3.63, 3.8) is 0 Å². The molecule has 0 bridgehead atoms. The molecule has 5 heteroatoms. The lowest BCUT2D eigenvalue weighted by molar-refractivity contribution is 0.262. The van der Waals surface area contributed by atoms with Crippen molar-refractivity contribution >= 4 is 29.7 Å². The second-order valence-corrected chi connectivity index (χ2v) is 16.7. The summed E-state index contributed by atoms with van der Waals surface area (Å²) >= 11 is 0. The van der Waals surface area contributed by atoms with E-state index in [9.17, 15) is 4.21 Å². The Morgan fingerprint density at radius 1 is 1.03 bits per heavy atom. The molecule has 2 aromatic rings. The summed E-state index contributed by atoms with van der Waals surface area (Å²) in [5.74, 6) is 2.87. The summed E-state index contributed by atoms with van der Waals surface area (Å²) in [6, 6.07) is 20.8. The van der Waals surface area contributed by atoms with Crippen molar-refractivity contribution < 1.29 is 8.63 Å². The number of hydrogen-bond acceptors (Lipinski definition) is 2. The van der Waals surface area contributed by atoms with E-state index in [0.29, 0.717) is 19.6 Å². The molecule has 0 aromatic heterocycles. The number of terminal acetylenes is 1. The maximum atomic E-state index is 13.2. The van der Waals surface area contributed by atoms with Crippen LogP contribution in [0.5, 0.6) is 0 Å². The first-order valence-electron chi connectivity index (χ1n) is 11.5. The van der Waals surface area contributed by atoms with Crippen molar-refractivity contribution in [1.82, 2.24) is 4.31 Å². The van der Waals surface area contributed by atoms with Gasteiger partial charge in [-0.15, -0.1) is 13.0 Å². The van der Waals surface area contributed by atoms with Gasteiger partial charge >= 0.3 is 0 Å². The molecule has 178 valence electrons. The van der Waals surface area contributed by atoms with Crippen LogP contribution in [0.1, 0.15) is 48.0 Å². The summed E-state index contributed by atoms with van der Waals surface area (Å²) in [5.41, 5.74) is 0. The largest absolute Gasteiger partial charge is 0.407 e. The minimum Gasteiger partial charge on any atom is -0.407 e. The van der Waals surface area contributed by atoms with Gasteiger partial charge in [-0.25, -0.2) is 8.51 Å². The van der Waals surface area contributed by atoms with E-state index in [0.717, 1.165) is 0 Å². The third kappa shape index (κ3) is 6.33. The van der Waals surface area contributed by atoms with E-state index >= 15 is 0 Å². The molecule has 2 atom stereocenters. The molecule has 0 radical (unpaired) electrons. The van der Waals surface area contributed by atoms with E-state index in [2.05, 4.69) is 81.8 Å². The van der Waals surface area contributed by atoms with Crippen molar-refractivity contribution in [2.45, 2.75) is 63.8 Å². The SMILES string of the molecule is C#CC(CCO[Si](c1ccccc1)(c1ccccc1)C(C)(C)C)N(CC=C)[S@](=O)C(C)(C)C. The van der Waals surface area contributed by atoms with Crippen LogP contribution in [-0.4, -0.2) is 40.8 Å². The van der Waals surface area contributed by atoms with Gasteiger partial charge in [-0.2, -0.15) is 0 Å². The smallest absolute Gasteiger partial charge is 0.261 e. The van der Waals surface area contributed by atoms with Crippen LogP contribution in [0.3, 0.4) is 0 Å². The maximum absolute atomic E-state index is 13.2. The number of benzene rings is 2. The zero-order valence-electron chi connectivity index (χ0n) is 21.0. The highest BCUT2D eigenvalue weighted by Crippen LogP contribution is 2.37. The lowest BCUT2D eigenvalue weighted by Gasteiger charge is -2.43. The van der Waals surface area contributed by atoms with Crippen LogP contribution in [0.25, 0.3) is 0 Å². The fourth-order valence-corrected chi connectivity index (χ4v) is 10.1. The summed E-state index contributed by atoms with van der Waals surface area (Å²) in [4.78, 5) is 0. The predicted octanol–water partition coefficient (Wildman–Crippen LogP) is 4.91. The molecule has 0 aliphatic heterocycles. The third-order valence-electron chi connectivity index (χ3n) is 5.71. The highest BCUT2D eigenvalue weighted by molar-refractivity contribution is 7.84. The molecule has 0 saturated heterocycles. The standard InChI is InChI=1S/C28H39NO2SSi/c1-9-22-29(32(30)27(3,4)5)24(10-2)21-23-31-33(28(6,7)8,25-17-13-11-14-18-25)26-19-15-12-16-20-26/h2,9,11-20,24H,1,21-23H2,3-8H3/t24?,32-/m1/s1. The van der Waals surface area contributed by atoms with E-state index in [1.165, 1.54) is 10.4 Å². The third-order valence-corrected chi connectivity index (χ3v) is 12.6. The molecule has 3 nitrogen and oxygen atoms in total. The average molecular weight is 482 g/mol. The van der Waals surface area contributed by atoms with Crippen LogP contribution in [0.15, 0.2) is 73.3 Å².